The van der Waals surface area contributed by atoms with Crippen LogP contribution in [0.2, 0.25) is 0 Å². The molecule has 176 valence electrons. The van der Waals surface area contributed by atoms with Gasteiger partial charge in [-0.1, -0.05) is 30.3 Å². The number of nitrogens with zero attached hydrogens (tertiary/aromatic N) is 2. The first kappa shape index (κ1) is 23.5. The Balaban J connectivity index is 1.69. The maximum absolute atomic E-state index is 13.3. The molecule has 2 aromatic carbocycles. The average Bonchev–Trinajstić information content (AvgIpc) is 3.18. The topological polar surface area (TPSA) is 79.7 Å². The Bertz CT molecular complexity index is 1250. The molecule has 0 spiro atoms. The van der Waals surface area contributed by atoms with Crippen LogP contribution in [0.25, 0.3) is 22.6 Å². The number of hydrogen-bond donors (Lipinski definition) is 1. The number of rotatable bonds is 6. The van der Waals surface area contributed by atoms with Gasteiger partial charge in [-0.15, -0.1) is 0 Å². The summed E-state index contributed by atoms with van der Waals surface area (Å²) in [6, 6.07) is 14.5. The van der Waals surface area contributed by atoms with Crippen molar-refractivity contribution in [2.45, 2.75) is 52.6 Å². The summed E-state index contributed by atoms with van der Waals surface area (Å²) in [6.07, 6.45) is 3.45. The van der Waals surface area contributed by atoms with Crippen molar-refractivity contribution in [1.82, 2.24) is 9.88 Å². The second-order valence-electron chi connectivity index (χ2n) is 9.16. The highest BCUT2D eigenvalue weighted by Gasteiger charge is 2.29. The van der Waals surface area contributed by atoms with Crippen molar-refractivity contribution in [2.24, 2.45) is 0 Å². The maximum Gasteiger partial charge on any atom is 0.339 e. The van der Waals surface area contributed by atoms with Gasteiger partial charge in [0, 0.05) is 17.5 Å². The second kappa shape index (κ2) is 9.67. The smallest absolute Gasteiger partial charge is 0.339 e. The Hall–Kier alpha value is -3.67. The minimum absolute atomic E-state index is 0.0183. The van der Waals surface area contributed by atoms with E-state index in [0.717, 1.165) is 34.2 Å². The van der Waals surface area contributed by atoms with Gasteiger partial charge in [0.25, 0.3) is 5.91 Å². The minimum atomic E-state index is -0.499. The Labute approximate surface area is 199 Å². The van der Waals surface area contributed by atoms with Gasteiger partial charge in [0.2, 0.25) is 0 Å². The van der Waals surface area contributed by atoms with E-state index in [2.05, 4.69) is 0 Å². The predicted octanol–water partition coefficient (Wildman–Crippen LogP) is 5.23. The first-order valence-corrected chi connectivity index (χ1v) is 11.7. The van der Waals surface area contributed by atoms with Gasteiger partial charge >= 0.3 is 5.97 Å². The van der Waals surface area contributed by atoms with E-state index < -0.39 is 5.97 Å². The molecule has 6 heteroatoms. The fourth-order valence-corrected chi connectivity index (χ4v) is 4.73. The fourth-order valence-electron chi connectivity index (χ4n) is 4.73. The highest BCUT2D eigenvalue weighted by molar-refractivity contribution is 6.07. The molecule has 34 heavy (non-hydrogen) atoms. The third-order valence-corrected chi connectivity index (χ3v) is 6.11. The summed E-state index contributed by atoms with van der Waals surface area (Å²) < 4.78 is 5.57. The number of allylic oxidation sites excluding steroid dienone is 1. The lowest BCUT2D eigenvalue weighted by molar-refractivity contribution is -0.138. The first-order valence-electron chi connectivity index (χ1n) is 11.7. The minimum Gasteiger partial charge on any atom is -0.508 e. The molecule has 0 aliphatic heterocycles. The highest BCUT2D eigenvalue weighted by atomic mass is 16.5. The summed E-state index contributed by atoms with van der Waals surface area (Å²) >= 11 is 0. The SMILES string of the molecule is CC(C)N(C(=O)COC(=O)c1c2c(nc3ccccc13)/C(=C/c1ccc(O)cc1)CC2)C(C)C. The monoisotopic (exact) mass is 458 g/mol. The molecule has 1 amide bonds. The summed E-state index contributed by atoms with van der Waals surface area (Å²) in [4.78, 5) is 32.7. The van der Waals surface area contributed by atoms with Crippen molar-refractivity contribution in [3.63, 3.8) is 0 Å². The van der Waals surface area contributed by atoms with Crippen LogP contribution in [0.1, 0.15) is 61.3 Å². The number of benzene rings is 2. The lowest BCUT2D eigenvalue weighted by atomic mass is 10.0. The van der Waals surface area contributed by atoms with Crippen LogP contribution in [-0.4, -0.2) is 45.6 Å². The van der Waals surface area contributed by atoms with E-state index in [1.807, 2.05) is 70.2 Å². The zero-order valence-electron chi connectivity index (χ0n) is 20.0. The number of fused-ring (bicyclic) bond motifs is 2. The molecule has 0 saturated heterocycles. The number of para-hydroxylation sites is 1. The standard InChI is InChI=1S/C28H30N2O4/c1-17(2)30(18(3)4)25(32)16-34-28(33)26-22-7-5-6-8-24(22)29-27-20(11-14-23(26)27)15-19-9-12-21(31)13-10-19/h5-10,12-13,15,17-18,31H,11,14,16H2,1-4H3/b20-15+. The van der Waals surface area contributed by atoms with Crippen LogP contribution in [0.3, 0.4) is 0 Å². The summed E-state index contributed by atoms with van der Waals surface area (Å²) in [5.74, 6) is -0.492. The Morgan fingerprint density at radius 1 is 1.03 bits per heavy atom. The number of hydrogen-bond acceptors (Lipinski definition) is 5. The lowest BCUT2D eigenvalue weighted by Crippen LogP contribution is -2.44. The van der Waals surface area contributed by atoms with Gasteiger partial charge in [0.15, 0.2) is 6.61 Å². The third-order valence-electron chi connectivity index (χ3n) is 6.11. The number of pyridine rings is 1. The van der Waals surface area contributed by atoms with Crippen molar-refractivity contribution in [3.8, 4) is 5.75 Å². The molecule has 4 rings (SSSR count). The van der Waals surface area contributed by atoms with Crippen molar-refractivity contribution >= 4 is 34.4 Å². The van der Waals surface area contributed by atoms with Crippen molar-refractivity contribution < 1.29 is 19.4 Å². The molecular formula is C28H30N2O4. The Morgan fingerprint density at radius 2 is 1.71 bits per heavy atom. The number of ether oxygens (including phenoxy) is 1. The quantitative estimate of drug-likeness (QED) is 0.512. The molecule has 0 saturated carbocycles. The Morgan fingerprint density at radius 3 is 2.38 bits per heavy atom. The molecule has 0 atom stereocenters. The number of aromatic hydroxyl groups is 1. The lowest BCUT2D eigenvalue weighted by Gasteiger charge is -2.30. The molecule has 1 aliphatic rings. The normalized spacial score (nSPS) is 14.1. The number of phenols is 1. The zero-order valence-corrected chi connectivity index (χ0v) is 20.0. The fraction of sp³-hybridized carbons (Fsp3) is 0.321. The van der Waals surface area contributed by atoms with E-state index >= 15 is 0 Å². The molecule has 1 N–H and O–H groups in total. The van der Waals surface area contributed by atoms with Gasteiger partial charge in [-0.25, -0.2) is 9.78 Å². The van der Waals surface area contributed by atoms with E-state index in [-0.39, 0.29) is 30.3 Å². The Kier molecular flexibility index (Phi) is 6.68. The maximum atomic E-state index is 13.3. The molecule has 1 aliphatic carbocycles. The van der Waals surface area contributed by atoms with E-state index in [1.165, 1.54) is 0 Å². The number of phenolic OH excluding ortho intramolecular Hbond substituents is 1. The van der Waals surface area contributed by atoms with Crippen LogP contribution >= 0.6 is 0 Å². The van der Waals surface area contributed by atoms with Gasteiger partial charge in [-0.3, -0.25) is 4.79 Å². The van der Waals surface area contributed by atoms with E-state index in [4.69, 9.17) is 9.72 Å². The van der Waals surface area contributed by atoms with E-state index in [1.54, 1.807) is 17.0 Å². The molecular weight excluding hydrogens is 428 g/mol. The van der Waals surface area contributed by atoms with Crippen LogP contribution in [0.4, 0.5) is 0 Å². The van der Waals surface area contributed by atoms with E-state index in [9.17, 15) is 14.7 Å². The van der Waals surface area contributed by atoms with Crippen LogP contribution in [0.5, 0.6) is 5.75 Å². The average molecular weight is 459 g/mol. The van der Waals surface area contributed by atoms with Crippen LogP contribution in [-0.2, 0) is 16.0 Å². The second-order valence-corrected chi connectivity index (χ2v) is 9.16. The molecule has 0 radical (unpaired) electrons. The molecule has 0 bridgehead atoms. The van der Waals surface area contributed by atoms with Crippen LogP contribution in [0.15, 0.2) is 48.5 Å². The van der Waals surface area contributed by atoms with Gasteiger partial charge in [0.05, 0.1) is 16.8 Å². The van der Waals surface area contributed by atoms with E-state index in [0.29, 0.717) is 17.5 Å². The van der Waals surface area contributed by atoms with Gasteiger partial charge in [-0.2, -0.15) is 0 Å². The molecule has 0 unspecified atom stereocenters. The van der Waals surface area contributed by atoms with Crippen molar-refractivity contribution in [3.05, 3.63) is 70.9 Å². The molecule has 0 fully saturated rings. The van der Waals surface area contributed by atoms with Gasteiger partial charge < -0.3 is 14.7 Å². The van der Waals surface area contributed by atoms with Crippen LogP contribution < -0.4 is 0 Å². The third kappa shape index (κ3) is 4.67. The molecule has 1 heterocycles. The highest BCUT2D eigenvalue weighted by Crippen LogP contribution is 2.38. The van der Waals surface area contributed by atoms with Gasteiger partial charge in [0.1, 0.15) is 5.75 Å². The number of esters is 1. The first-order chi connectivity index (χ1) is 16.3. The number of aromatic nitrogens is 1. The summed E-state index contributed by atoms with van der Waals surface area (Å²) in [5.41, 5.74) is 4.82. The molecule has 1 aromatic heterocycles. The van der Waals surface area contributed by atoms with Crippen LogP contribution in [0, 0.1) is 0 Å². The number of carbonyl (C=O) groups excluding carboxylic acids is 2. The summed E-state index contributed by atoms with van der Waals surface area (Å²) in [5, 5.41) is 10.3. The summed E-state index contributed by atoms with van der Waals surface area (Å²) in [6.45, 7) is 7.50. The van der Waals surface area contributed by atoms with Crippen molar-refractivity contribution in [1.29, 1.82) is 0 Å². The van der Waals surface area contributed by atoms with Gasteiger partial charge in [-0.05, 0) is 81.5 Å². The number of amides is 1. The van der Waals surface area contributed by atoms with Crippen molar-refractivity contribution in [2.75, 3.05) is 6.61 Å². The molecule has 3 aromatic rings. The largest absolute Gasteiger partial charge is 0.508 e. The molecule has 6 nitrogen and oxygen atoms in total. The summed E-state index contributed by atoms with van der Waals surface area (Å²) in [7, 11) is 0. The zero-order chi connectivity index (χ0) is 24.4. The number of carbonyl (C=O) groups is 2. The predicted molar refractivity (Wildman–Crippen MR) is 133 cm³/mol.